The van der Waals surface area contributed by atoms with Crippen LogP contribution >= 0.6 is 34.0 Å². The summed E-state index contributed by atoms with van der Waals surface area (Å²) in [4.78, 5) is 0. The van der Waals surface area contributed by atoms with Gasteiger partial charge in [-0.1, -0.05) is 0 Å². The number of hydrogen-bond acceptors (Lipinski definition) is 0. The summed E-state index contributed by atoms with van der Waals surface area (Å²) in [5.41, 5.74) is 0. The summed E-state index contributed by atoms with van der Waals surface area (Å²) in [6.07, 6.45) is 7.46. The zero-order valence-corrected chi connectivity index (χ0v) is 9.27. The second-order valence-corrected chi connectivity index (χ2v) is 2.35. The molecule has 0 unspecified atom stereocenters. The van der Waals surface area contributed by atoms with Crippen molar-refractivity contribution in [1.82, 2.24) is 0 Å². The van der Waals surface area contributed by atoms with Crippen LogP contribution in [0.15, 0.2) is 22.4 Å². The van der Waals surface area contributed by atoms with Gasteiger partial charge >= 0.3 is 47.1 Å². The molecule has 0 atom stereocenters. The quantitative estimate of drug-likeness (QED) is 0.600. The average Bonchev–Trinajstić information content (AvgIpc) is 1.86. The van der Waals surface area contributed by atoms with Gasteiger partial charge in [0.25, 0.3) is 0 Å². The van der Waals surface area contributed by atoms with Crippen LogP contribution in [-0.2, 0) is 18.3 Å². The predicted molar refractivity (Wildman–Crippen MR) is 42.5 cm³/mol. The molecule has 0 nitrogen and oxygen atoms in total. The number of rotatable bonds is 0. The van der Waals surface area contributed by atoms with Crippen molar-refractivity contribution in [2.45, 2.75) is 6.42 Å². The zero-order valence-electron chi connectivity index (χ0n) is 4.11. The van der Waals surface area contributed by atoms with E-state index in [-0.39, 0.29) is 34.0 Å². The van der Waals surface area contributed by atoms with Gasteiger partial charge in [-0.3, -0.25) is 0 Å². The van der Waals surface area contributed by atoms with Crippen LogP contribution in [0.4, 0.5) is 0 Å². The van der Waals surface area contributed by atoms with Crippen LogP contribution in [0, 0.1) is 0 Å². The minimum atomic E-state index is 0. The molecule has 0 N–H and O–H groups in total. The fourth-order valence-corrected chi connectivity index (χ4v) is 0.788. The molecule has 3 heteroatoms. The molecule has 8 heavy (non-hydrogen) atoms. The van der Waals surface area contributed by atoms with Gasteiger partial charge < -0.3 is 0 Å². The third kappa shape index (κ3) is 3.99. The van der Waals surface area contributed by atoms with E-state index in [0.29, 0.717) is 0 Å². The third-order valence-electron chi connectivity index (χ3n) is 0.717. The van der Waals surface area contributed by atoms with Gasteiger partial charge in [0.05, 0.1) is 0 Å². The van der Waals surface area contributed by atoms with Crippen LogP contribution < -0.4 is 0 Å². The summed E-state index contributed by atoms with van der Waals surface area (Å²) in [6.45, 7) is 0. The fraction of sp³-hybridized carbons (Fsp3) is 0.200. The van der Waals surface area contributed by atoms with Gasteiger partial charge in [-0.2, -0.15) is 0 Å². The Bertz CT molecular complexity index is 107. The Balaban J connectivity index is 0. The Kier molecular flexibility index (Phi) is 9.14. The molecule has 0 spiro atoms. The van der Waals surface area contributed by atoms with Crippen molar-refractivity contribution in [2.24, 2.45) is 0 Å². The first-order valence-corrected chi connectivity index (χ1v) is 2.76. The Labute approximate surface area is 80.6 Å². The molecule has 0 saturated carbocycles. The Morgan fingerprint density at radius 3 is 2.12 bits per heavy atom. The van der Waals surface area contributed by atoms with E-state index in [9.17, 15) is 0 Å². The molecule has 1 aliphatic rings. The van der Waals surface area contributed by atoms with Crippen molar-refractivity contribution in [3.05, 3.63) is 22.4 Å². The molecule has 0 fully saturated rings. The maximum atomic E-state index is 2.59. The summed E-state index contributed by atoms with van der Waals surface area (Å²) < 4.78 is 1.40. The van der Waals surface area contributed by atoms with Crippen molar-refractivity contribution < 1.29 is 18.3 Å². The van der Waals surface area contributed by atoms with Gasteiger partial charge in [-0.05, 0) is 0 Å². The molecular weight excluding hydrogens is 321 g/mol. The standard InChI is InChI=1S/C5H5.2BrH.Ru/c1-2-4-5-3-1;;;/h1-3H,4H2;2*1H;. The molecule has 0 aromatic rings. The van der Waals surface area contributed by atoms with Gasteiger partial charge in [0, 0.05) is 0 Å². The molecule has 0 heterocycles. The molecule has 49 valence electrons. The first-order chi connectivity index (χ1) is 2.89. The van der Waals surface area contributed by atoms with E-state index in [1.807, 2.05) is 0 Å². The molecule has 0 saturated heterocycles. The van der Waals surface area contributed by atoms with Gasteiger partial charge in [0.15, 0.2) is 0 Å². The van der Waals surface area contributed by atoms with Crippen LogP contribution in [0.25, 0.3) is 0 Å². The average molecular weight is 328 g/mol. The molecule has 1 rings (SSSR count). The minimum absolute atomic E-state index is 0. The second kappa shape index (κ2) is 6.19. The number of allylic oxidation sites excluding steroid dienone is 4. The molecule has 0 aliphatic heterocycles. The Morgan fingerprint density at radius 2 is 2.00 bits per heavy atom. The summed E-state index contributed by atoms with van der Waals surface area (Å²) >= 11 is 2.59. The Morgan fingerprint density at radius 1 is 1.38 bits per heavy atom. The van der Waals surface area contributed by atoms with E-state index in [4.69, 9.17) is 0 Å². The van der Waals surface area contributed by atoms with E-state index < -0.39 is 0 Å². The van der Waals surface area contributed by atoms with Crippen molar-refractivity contribution >= 4 is 34.0 Å². The monoisotopic (exact) mass is 327 g/mol. The summed E-state index contributed by atoms with van der Waals surface area (Å²) in [6, 6.07) is 0. The van der Waals surface area contributed by atoms with Crippen molar-refractivity contribution in [3.8, 4) is 0 Å². The molecule has 1 aliphatic carbocycles. The first kappa shape index (κ1) is 11.8. The van der Waals surface area contributed by atoms with Crippen LogP contribution in [0.5, 0.6) is 0 Å². The van der Waals surface area contributed by atoms with Crippen molar-refractivity contribution in [3.63, 3.8) is 0 Å². The molecule has 0 amide bonds. The summed E-state index contributed by atoms with van der Waals surface area (Å²) in [5, 5.41) is 0. The fourth-order valence-electron chi connectivity index (χ4n) is 0.416. The van der Waals surface area contributed by atoms with Crippen molar-refractivity contribution in [1.29, 1.82) is 0 Å². The number of halogens is 2. The van der Waals surface area contributed by atoms with Crippen molar-refractivity contribution in [2.75, 3.05) is 0 Å². The van der Waals surface area contributed by atoms with Crippen LogP contribution in [0.3, 0.4) is 0 Å². The van der Waals surface area contributed by atoms with Gasteiger partial charge in [0.2, 0.25) is 0 Å². The van der Waals surface area contributed by atoms with Gasteiger partial charge in [0.1, 0.15) is 0 Å². The number of hydrogen-bond donors (Lipinski definition) is 0. The molecule has 0 aromatic heterocycles. The normalized spacial score (nSPS) is 13.9. The van der Waals surface area contributed by atoms with Crippen LogP contribution in [0.2, 0.25) is 0 Å². The van der Waals surface area contributed by atoms with E-state index in [1.165, 1.54) is 4.17 Å². The summed E-state index contributed by atoms with van der Waals surface area (Å²) in [7, 11) is 0. The van der Waals surface area contributed by atoms with Crippen LogP contribution in [0.1, 0.15) is 6.42 Å². The topological polar surface area (TPSA) is 0 Å². The molecule has 0 radical (unpaired) electrons. The van der Waals surface area contributed by atoms with Gasteiger partial charge in [-0.25, -0.2) is 0 Å². The summed E-state index contributed by atoms with van der Waals surface area (Å²) in [5.74, 6) is 0. The molecule has 0 aromatic carbocycles. The van der Waals surface area contributed by atoms with E-state index in [0.717, 1.165) is 6.42 Å². The second-order valence-electron chi connectivity index (χ2n) is 1.23. The van der Waals surface area contributed by atoms with Crippen LogP contribution in [-0.4, -0.2) is 0 Å². The van der Waals surface area contributed by atoms with E-state index in [2.05, 4.69) is 36.5 Å². The molecule has 0 bridgehead atoms. The SMILES string of the molecule is Br.Br.[Ru][C]1=CC=CC1. The zero-order chi connectivity index (χ0) is 4.41. The third-order valence-corrected chi connectivity index (χ3v) is 1.36. The maximum absolute atomic E-state index is 2.59. The van der Waals surface area contributed by atoms with E-state index >= 15 is 0 Å². The Hall–Kier alpha value is 1.06. The first-order valence-electron chi connectivity index (χ1n) is 1.89. The van der Waals surface area contributed by atoms with E-state index in [1.54, 1.807) is 0 Å². The molecular formula is C5H7Br2Ru. The predicted octanol–water partition coefficient (Wildman–Crippen LogP) is 2.53. The van der Waals surface area contributed by atoms with Gasteiger partial charge in [-0.15, -0.1) is 34.0 Å².